The van der Waals surface area contributed by atoms with Crippen LogP contribution in [-0.2, 0) is 19.9 Å². The number of halogens is 1. The molecule has 20 heavy (non-hydrogen) atoms. The molecule has 1 unspecified atom stereocenters. The summed E-state index contributed by atoms with van der Waals surface area (Å²) < 4.78 is 31.3. The van der Waals surface area contributed by atoms with E-state index in [0.717, 1.165) is 0 Å². The van der Waals surface area contributed by atoms with Crippen molar-refractivity contribution in [2.75, 3.05) is 24.7 Å². The fourth-order valence-corrected chi connectivity index (χ4v) is 2.58. The number of thiol groups is 1. The van der Waals surface area contributed by atoms with Crippen molar-refractivity contribution in [3.63, 3.8) is 0 Å². The van der Waals surface area contributed by atoms with Crippen molar-refractivity contribution in [1.29, 1.82) is 0 Å². The zero-order chi connectivity index (χ0) is 14.7. The van der Waals surface area contributed by atoms with Crippen molar-refractivity contribution in [2.45, 2.75) is 26.0 Å². The highest BCUT2D eigenvalue weighted by Gasteiger charge is 2.22. The van der Waals surface area contributed by atoms with E-state index in [1.807, 2.05) is 11.8 Å². The number of hydrogen-bond acceptors (Lipinski definition) is 7. The molecule has 0 N–H and O–H groups in total. The third-order valence-electron chi connectivity index (χ3n) is 3.03. The van der Waals surface area contributed by atoms with Crippen molar-refractivity contribution >= 4 is 28.4 Å². The fraction of sp³-hybridized carbons (Fsp3) is 0.636. The average Bonchev–Trinajstić information content (AvgIpc) is 2.37. The summed E-state index contributed by atoms with van der Waals surface area (Å²) in [6.45, 7) is 5.52. The molecule has 1 aromatic rings. The first-order chi connectivity index (χ1) is 9.47. The molecular weight excluding hydrogens is 306 g/mol. The van der Waals surface area contributed by atoms with Gasteiger partial charge in [0.15, 0.2) is 0 Å². The monoisotopic (exact) mass is 321 g/mol. The van der Waals surface area contributed by atoms with Crippen molar-refractivity contribution < 1.29 is 17.3 Å². The molecule has 2 rings (SSSR count). The number of nitrogens with zero attached hydrogens (tertiary/aromatic N) is 3. The minimum absolute atomic E-state index is 0.0627. The highest BCUT2D eigenvalue weighted by molar-refractivity contribution is 7.67. The van der Waals surface area contributed by atoms with Gasteiger partial charge in [-0.05, 0) is 25.4 Å². The lowest BCUT2D eigenvalue weighted by molar-refractivity contribution is 0.0985. The molecule has 9 heteroatoms. The molecule has 1 aliphatic rings. The zero-order valence-electron chi connectivity index (χ0n) is 11.2. The van der Waals surface area contributed by atoms with Gasteiger partial charge in [-0.15, -0.1) is 0 Å². The van der Waals surface area contributed by atoms with Gasteiger partial charge in [-0.2, -0.15) is 0 Å². The number of ether oxygens (including phenoxy) is 1. The van der Waals surface area contributed by atoms with Crippen molar-refractivity contribution in [2.24, 2.45) is 0 Å². The predicted molar refractivity (Wildman–Crippen MR) is 74.5 cm³/mol. The molecule has 0 radical (unpaired) electrons. The van der Waals surface area contributed by atoms with E-state index in [1.165, 1.54) is 0 Å². The van der Waals surface area contributed by atoms with E-state index in [1.54, 1.807) is 13.0 Å². The summed E-state index contributed by atoms with van der Waals surface area (Å²) >= 11 is 5.91. The second kappa shape index (κ2) is 6.66. The van der Waals surface area contributed by atoms with E-state index >= 15 is 0 Å². The maximum Gasteiger partial charge on any atom is 0.257 e. The Kier molecular flexibility index (Phi) is 5.14. The molecule has 1 saturated heterocycles. The van der Waals surface area contributed by atoms with Gasteiger partial charge >= 0.3 is 0 Å². The standard InChI is InChI=1S/C11H16ClN3O4S/c1-7-6-18-4-3-15(7)10-5-9(13-11(12)14-10)8(2)19-20(16)17/h5,7-8,20H,3-4,6H2,1-2H3/t7-,8?/m0/s1. The molecule has 0 amide bonds. The van der Waals surface area contributed by atoms with Crippen molar-refractivity contribution in [3.05, 3.63) is 17.0 Å². The van der Waals surface area contributed by atoms with Gasteiger partial charge in [-0.25, -0.2) is 18.4 Å². The highest BCUT2D eigenvalue weighted by atomic mass is 35.5. The van der Waals surface area contributed by atoms with Crippen LogP contribution in [0.1, 0.15) is 25.6 Å². The second-order valence-electron chi connectivity index (χ2n) is 4.51. The van der Waals surface area contributed by atoms with E-state index in [4.69, 9.17) is 20.5 Å². The normalized spacial score (nSPS) is 21.2. The third kappa shape index (κ3) is 3.78. The van der Waals surface area contributed by atoms with Gasteiger partial charge in [-0.1, -0.05) is 0 Å². The number of anilines is 1. The van der Waals surface area contributed by atoms with Crippen LogP contribution in [0.5, 0.6) is 0 Å². The Bertz CT molecular complexity index is 546. The van der Waals surface area contributed by atoms with Crippen LogP contribution in [0.4, 0.5) is 5.82 Å². The van der Waals surface area contributed by atoms with E-state index in [-0.39, 0.29) is 11.3 Å². The third-order valence-corrected chi connectivity index (χ3v) is 3.69. The number of aromatic nitrogens is 2. The molecule has 0 bridgehead atoms. The molecule has 112 valence electrons. The van der Waals surface area contributed by atoms with Crippen molar-refractivity contribution in [3.8, 4) is 0 Å². The first kappa shape index (κ1) is 15.4. The van der Waals surface area contributed by atoms with Gasteiger partial charge in [0.05, 0.1) is 24.9 Å². The Morgan fingerprint density at radius 2 is 2.30 bits per heavy atom. The quantitative estimate of drug-likeness (QED) is 0.653. The molecule has 1 aliphatic heterocycles. The smallest absolute Gasteiger partial charge is 0.257 e. The maximum atomic E-state index is 10.6. The summed E-state index contributed by atoms with van der Waals surface area (Å²) in [5, 5.41) is 0.0627. The van der Waals surface area contributed by atoms with Crippen LogP contribution >= 0.6 is 11.6 Å². The van der Waals surface area contributed by atoms with Crippen LogP contribution in [0.25, 0.3) is 0 Å². The summed E-state index contributed by atoms with van der Waals surface area (Å²) in [4.78, 5) is 10.2. The minimum atomic E-state index is -2.94. The van der Waals surface area contributed by atoms with Crippen LogP contribution < -0.4 is 4.90 Å². The van der Waals surface area contributed by atoms with Gasteiger partial charge in [-0.3, -0.25) is 4.18 Å². The lowest BCUT2D eigenvalue weighted by atomic mass is 10.2. The molecule has 7 nitrogen and oxygen atoms in total. The van der Waals surface area contributed by atoms with E-state index in [0.29, 0.717) is 31.3 Å². The van der Waals surface area contributed by atoms with Gasteiger partial charge in [0.1, 0.15) is 11.9 Å². The number of rotatable bonds is 4. The van der Waals surface area contributed by atoms with E-state index in [9.17, 15) is 8.42 Å². The molecule has 1 fully saturated rings. The highest BCUT2D eigenvalue weighted by Crippen LogP contribution is 2.24. The first-order valence-electron chi connectivity index (χ1n) is 6.17. The number of morpholine rings is 1. The second-order valence-corrected chi connectivity index (χ2v) is 5.50. The van der Waals surface area contributed by atoms with Crippen LogP contribution in [0, 0.1) is 0 Å². The van der Waals surface area contributed by atoms with Crippen LogP contribution in [0.2, 0.25) is 5.28 Å². The van der Waals surface area contributed by atoms with Gasteiger partial charge < -0.3 is 9.64 Å². The van der Waals surface area contributed by atoms with E-state index in [2.05, 4.69) is 9.97 Å². The van der Waals surface area contributed by atoms with Crippen LogP contribution in [-0.4, -0.2) is 44.2 Å². The molecule has 0 aliphatic carbocycles. The molecule has 0 saturated carbocycles. The van der Waals surface area contributed by atoms with Crippen LogP contribution in [0.15, 0.2) is 6.07 Å². The van der Waals surface area contributed by atoms with Gasteiger partial charge in [0.2, 0.25) is 5.28 Å². The zero-order valence-corrected chi connectivity index (χ0v) is 12.8. The minimum Gasteiger partial charge on any atom is -0.377 e. The molecule has 0 aromatic carbocycles. The Balaban J connectivity index is 2.28. The Labute approximate surface area is 124 Å². The SMILES string of the molecule is CC(O[SH](=O)=O)c1cc(N2CCOC[C@@H]2C)nc(Cl)n1. The summed E-state index contributed by atoms with van der Waals surface area (Å²) in [7, 11) is -2.94. The molecule has 0 spiro atoms. The van der Waals surface area contributed by atoms with Crippen LogP contribution in [0.3, 0.4) is 0 Å². The average molecular weight is 322 g/mol. The largest absolute Gasteiger partial charge is 0.377 e. The molecular formula is C11H16ClN3O4S. The molecule has 1 aromatic heterocycles. The Morgan fingerprint density at radius 1 is 1.55 bits per heavy atom. The summed E-state index contributed by atoms with van der Waals surface area (Å²) in [5.74, 6) is 0.646. The lowest BCUT2D eigenvalue weighted by Crippen LogP contribution is -2.44. The first-order valence-corrected chi connectivity index (χ1v) is 7.64. The topological polar surface area (TPSA) is 81.6 Å². The molecule has 2 heterocycles. The summed E-state index contributed by atoms with van der Waals surface area (Å²) in [6.07, 6.45) is -0.702. The lowest BCUT2D eigenvalue weighted by Gasteiger charge is -2.34. The number of hydrogen-bond donors (Lipinski definition) is 1. The van der Waals surface area contributed by atoms with Gasteiger partial charge in [0, 0.05) is 12.6 Å². The Hall–Kier alpha value is -0.960. The van der Waals surface area contributed by atoms with E-state index < -0.39 is 17.1 Å². The van der Waals surface area contributed by atoms with Gasteiger partial charge in [0.25, 0.3) is 11.0 Å². The predicted octanol–water partition coefficient (Wildman–Crippen LogP) is 0.959. The summed E-state index contributed by atoms with van der Waals surface area (Å²) in [5.41, 5.74) is 0.429. The maximum absolute atomic E-state index is 10.6. The Morgan fingerprint density at radius 3 is 2.95 bits per heavy atom. The fourth-order valence-electron chi connectivity index (χ4n) is 2.03. The summed E-state index contributed by atoms with van der Waals surface area (Å²) in [6, 6.07) is 1.85. The molecule has 2 atom stereocenters. The van der Waals surface area contributed by atoms with Crippen molar-refractivity contribution in [1.82, 2.24) is 9.97 Å².